The molecule has 5 atom stereocenters. The van der Waals surface area contributed by atoms with E-state index < -0.39 is 97.5 Å². The van der Waals surface area contributed by atoms with Gasteiger partial charge in [-0.05, 0) is 37.5 Å². The van der Waals surface area contributed by atoms with Crippen LogP contribution in [0.2, 0.25) is 0 Å². The van der Waals surface area contributed by atoms with Crippen molar-refractivity contribution in [2.75, 3.05) is 39.6 Å². The molecule has 83 heavy (non-hydrogen) atoms. The molecular formula is C64H124O17P2. The number of phosphoric acid groups is 2. The molecule has 0 bridgehead atoms. The molecule has 0 amide bonds. The van der Waals surface area contributed by atoms with Crippen LogP contribution in [0.5, 0.6) is 0 Å². The lowest BCUT2D eigenvalue weighted by molar-refractivity contribution is -0.161. The Morgan fingerprint density at radius 1 is 0.325 bits per heavy atom. The molecule has 0 aromatic rings. The van der Waals surface area contributed by atoms with Gasteiger partial charge in [-0.1, -0.05) is 266 Å². The summed E-state index contributed by atoms with van der Waals surface area (Å²) >= 11 is 0. The molecule has 0 saturated carbocycles. The molecule has 0 aliphatic carbocycles. The highest BCUT2D eigenvalue weighted by Gasteiger charge is 2.30. The highest BCUT2D eigenvalue weighted by atomic mass is 31.2. The summed E-state index contributed by atoms with van der Waals surface area (Å²) in [6, 6.07) is 0. The quantitative estimate of drug-likeness (QED) is 0.0222. The molecule has 0 rings (SSSR count). The van der Waals surface area contributed by atoms with Crippen LogP contribution in [0.4, 0.5) is 0 Å². The average molecular weight is 1230 g/mol. The van der Waals surface area contributed by atoms with E-state index >= 15 is 0 Å². The summed E-state index contributed by atoms with van der Waals surface area (Å²) in [7, 11) is -9.88. The van der Waals surface area contributed by atoms with Crippen molar-refractivity contribution in [2.45, 2.75) is 336 Å². The SMILES string of the molecule is CCCCCCCCCCCCCCC(=O)OC[C@H](COP(=O)(O)OC[C@@H](O)COP(=O)(O)OC[C@@H](COC(=O)CCCCCCCCCCC)OC(=O)CCCCCCCCC(C)C)OC(=O)CCCCCCCCCCCCC(C)C. The van der Waals surface area contributed by atoms with E-state index in [2.05, 4.69) is 41.5 Å². The van der Waals surface area contributed by atoms with Crippen LogP contribution in [0.15, 0.2) is 0 Å². The number of esters is 4. The second kappa shape index (κ2) is 56.6. The van der Waals surface area contributed by atoms with Gasteiger partial charge in [-0.25, -0.2) is 9.13 Å². The van der Waals surface area contributed by atoms with E-state index in [-0.39, 0.29) is 25.7 Å². The fourth-order valence-electron chi connectivity index (χ4n) is 9.53. The second-order valence-electron chi connectivity index (χ2n) is 24.1. The molecule has 0 saturated heterocycles. The number of unbranched alkanes of at least 4 members (excludes halogenated alkanes) is 33. The first-order chi connectivity index (χ1) is 39.9. The van der Waals surface area contributed by atoms with Crippen molar-refractivity contribution >= 4 is 39.5 Å². The third-order valence-electron chi connectivity index (χ3n) is 14.7. The van der Waals surface area contributed by atoms with Gasteiger partial charge >= 0.3 is 39.5 Å². The van der Waals surface area contributed by atoms with Gasteiger partial charge < -0.3 is 33.8 Å². The maximum atomic E-state index is 13.0. The molecule has 0 fully saturated rings. The molecule has 19 heteroatoms. The third kappa shape index (κ3) is 58.8. The Bertz CT molecular complexity index is 1630. The molecule has 0 aromatic carbocycles. The molecule has 0 aromatic heterocycles. The zero-order valence-corrected chi connectivity index (χ0v) is 55.3. The molecule has 17 nitrogen and oxygen atoms in total. The van der Waals surface area contributed by atoms with Crippen LogP contribution in [0, 0.1) is 11.8 Å². The van der Waals surface area contributed by atoms with E-state index in [9.17, 15) is 43.2 Å². The number of rotatable bonds is 63. The maximum absolute atomic E-state index is 13.0. The van der Waals surface area contributed by atoms with Crippen LogP contribution in [-0.4, -0.2) is 96.7 Å². The number of carbonyl (C=O) groups is 4. The molecule has 2 unspecified atom stereocenters. The normalized spacial score (nSPS) is 14.3. The fourth-order valence-corrected chi connectivity index (χ4v) is 11.1. The van der Waals surface area contributed by atoms with Crippen molar-refractivity contribution < 1.29 is 80.2 Å². The first-order valence-corrected chi connectivity index (χ1v) is 36.5. The Morgan fingerprint density at radius 2 is 0.554 bits per heavy atom. The topological polar surface area (TPSA) is 237 Å². The predicted molar refractivity (Wildman–Crippen MR) is 331 cm³/mol. The van der Waals surface area contributed by atoms with E-state index in [0.29, 0.717) is 31.6 Å². The maximum Gasteiger partial charge on any atom is 0.472 e. The highest BCUT2D eigenvalue weighted by Crippen LogP contribution is 2.45. The molecule has 0 spiro atoms. The average Bonchev–Trinajstić information content (AvgIpc) is 3.45. The number of phosphoric ester groups is 2. The van der Waals surface area contributed by atoms with Crippen molar-refractivity contribution in [3.8, 4) is 0 Å². The van der Waals surface area contributed by atoms with Gasteiger partial charge in [0.25, 0.3) is 0 Å². The first-order valence-electron chi connectivity index (χ1n) is 33.5. The lowest BCUT2D eigenvalue weighted by Gasteiger charge is -2.21. The van der Waals surface area contributed by atoms with Crippen LogP contribution in [0.25, 0.3) is 0 Å². The Labute approximate surface area is 505 Å². The van der Waals surface area contributed by atoms with Crippen molar-refractivity contribution in [1.82, 2.24) is 0 Å². The van der Waals surface area contributed by atoms with Crippen molar-refractivity contribution in [3.63, 3.8) is 0 Å². The number of ether oxygens (including phenoxy) is 4. The lowest BCUT2D eigenvalue weighted by Crippen LogP contribution is -2.30. The van der Waals surface area contributed by atoms with Crippen molar-refractivity contribution in [1.29, 1.82) is 0 Å². The van der Waals surface area contributed by atoms with E-state index in [1.807, 2.05) is 0 Å². The Morgan fingerprint density at radius 3 is 0.819 bits per heavy atom. The summed E-state index contributed by atoms with van der Waals surface area (Å²) in [6.07, 6.45) is 39.0. The van der Waals surface area contributed by atoms with Gasteiger partial charge in [0.1, 0.15) is 19.3 Å². The fraction of sp³-hybridized carbons (Fsp3) is 0.938. The summed E-state index contributed by atoms with van der Waals surface area (Å²) in [5, 5.41) is 10.5. The van der Waals surface area contributed by atoms with Crippen LogP contribution in [0.3, 0.4) is 0 Å². The van der Waals surface area contributed by atoms with Crippen molar-refractivity contribution in [3.05, 3.63) is 0 Å². The predicted octanol–water partition coefficient (Wildman–Crippen LogP) is 17.7. The Hall–Kier alpha value is -1.94. The molecule has 0 aliphatic heterocycles. The van der Waals surface area contributed by atoms with Crippen LogP contribution in [-0.2, 0) is 65.4 Å². The van der Waals surface area contributed by atoms with Gasteiger partial charge in [0, 0.05) is 25.7 Å². The summed E-state index contributed by atoms with van der Waals surface area (Å²) in [5.41, 5.74) is 0. The number of hydrogen-bond donors (Lipinski definition) is 3. The third-order valence-corrected chi connectivity index (χ3v) is 16.6. The van der Waals surface area contributed by atoms with Gasteiger partial charge in [0.2, 0.25) is 0 Å². The van der Waals surface area contributed by atoms with Gasteiger partial charge in [-0.15, -0.1) is 0 Å². The molecule has 0 radical (unpaired) electrons. The Kier molecular flexibility index (Phi) is 55.2. The second-order valence-corrected chi connectivity index (χ2v) is 27.0. The molecular weight excluding hydrogens is 1100 g/mol. The van der Waals surface area contributed by atoms with Gasteiger partial charge in [0.05, 0.1) is 26.4 Å². The molecule has 0 heterocycles. The zero-order valence-electron chi connectivity index (χ0n) is 53.5. The zero-order chi connectivity index (χ0) is 61.5. The van der Waals surface area contributed by atoms with E-state index in [1.165, 1.54) is 135 Å². The molecule has 0 aliphatic rings. The van der Waals surface area contributed by atoms with E-state index in [1.54, 1.807) is 0 Å². The summed E-state index contributed by atoms with van der Waals surface area (Å²) in [4.78, 5) is 72.1. The largest absolute Gasteiger partial charge is 0.472 e. The number of aliphatic hydroxyl groups is 1. The number of aliphatic hydroxyl groups excluding tert-OH is 1. The smallest absolute Gasteiger partial charge is 0.462 e. The summed E-state index contributed by atoms with van der Waals surface area (Å²) < 4.78 is 67.9. The standard InChI is InChI=1S/C64H124O17P2/c1-7-9-11-13-15-17-18-19-24-28-35-41-47-62(67)75-52-59(80-63(68)48-42-36-29-25-21-20-23-26-32-38-44-56(3)4)54-78-82(70,71)76-50-58(65)51-77-83(72,73)79-55-60(81-64(69)49-43-37-31-30-33-39-45-57(5)6)53-74-61(66)46-40-34-27-22-16-14-12-10-8-2/h56-60,65H,7-55H2,1-6H3,(H,70,71)(H,72,73)/t58-,59-,60-/m1/s1. The lowest BCUT2D eigenvalue weighted by atomic mass is 10.0. The Balaban J connectivity index is 5.23. The molecule has 3 N–H and O–H groups in total. The van der Waals surface area contributed by atoms with Gasteiger partial charge in [0.15, 0.2) is 12.2 Å². The van der Waals surface area contributed by atoms with Crippen molar-refractivity contribution in [2.24, 2.45) is 11.8 Å². The molecule has 492 valence electrons. The van der Waals surface area contributed by atoms with Gasteiger partial charge in [-0.3, -0.25) is 37.3 Å². The summed E-state index contributed by atoms with van der Waals surface area (Å²) in [6.45, 7) is 9.38. The van der Waals surface area contributed by atoms with Gasteiger partial charge in [-0.2, -0.15) is 0 Å². The summed E-state index contributed by atoms with van der Waals surface area (Å²) in [5.74, 6) is -0.716. The van der Waals surface area contributed by atoms with E-state index in [0.717, 1.165) is 95.8 Å². The van der Waals surface area contributed by atoms with Crippen LogP contribution >= 0.6 is 15.6 Å². The first kappa shape index (κ1) is 81.1. The minimum absolute atomic E-state index is 0.102. The highest BCUT2D eigenvalue weighted by molar-refractivity contribution is 7.47. The minimum Gasteiger partial charge on any atom is -0.462 e. The van der Waals surface area contributed by atoms with Crippen LogP contribution < -0.4 is 0 Å². The monoisotopic (exact) mass is 1230 g/mol. The van der Waals surface area contributed by atoms with E-state index in [4.69, 9.17) is 37.0 Å². The van der Waals surface area contributed by atoms with Crippen LogP contribution in [0.1, 0.15) is 318 Å². The minimum atomic E-state index is -4.94. The number of carbonyl (C=O) groups excluding carboxylic acids is 4. The number of hydrogen-bond acceptors (Lipinski definition) is 15.